The molecule has 1 aromatic heterocycles. The number of nitrogens with one attached hydrogen (secondary N) is 1. The topological polar surface area (TPSA) is 57.9 Å². The Labute approximate surface area is 102 Å². The SMILES string of the molecule is N#Cc1ncccc1COCC1CCCNC1. The van der Waals surface area contributed by atoms with Gasteiger partial charge in [-0.05, 0) is 31.4 Å². The zero-order chi connectivity index (χ0) is 11.9. The molecule has 2 rings (SSSR count). The Kier molecular flexibility index (Phi) is 4.48. The molecule has 1 unspecified atom stereocenters. The van der Waals surface area contributed by atoms with Crippen molar-refractivity contribution in [2.24, 2.45) is 5.92 Å². The second-order valence-corrected chi connectivity index (χ2v) is 4.35. The van der Waals surface area contributed by atoms with Crippen LogP contribution in [0.15, 0.2) is 18.3 Å². The van der Waals surface area contributed by atoms with E-state index in [0.717, 1.165) is 25.3 Å². The normalized spacial score (nSPS) is 19.8. The molecule has 17 heavy (non-hydrogen) atoms. The first kappa shape index (κ1) is 12.0. The molecule has 1 fully saturated rings. The minimum atomic E-state index is 0.467. The number of hydrogen-bond donors (Lipinski definition) is 1. The average molecular weight is 231 g/mol. The summed E-state index contributed by atoms with van der Waals surface area (Å²) in [5.74, 6) is 0.603. The summed E-state index contributed by atoms with van der Waals surface area (Å²) in [6.07, 6.45) is 4.09. The van der Waals surface area contributed by atoms with Gasteiger partial charge in [-0.15, -0.1) is 0 Å². The Morgan fingerprint density at radius 1 is 1.59 bits per heavy atom. The molecule has 1 saturated heterocycles. The monoisotopic (exact) mass is 231 g/mol. The van der Waals surface area contributed by atoms with E-state index in [9.17, 15) is 0 Å². The van der Waals surface area contributed by atoms with Gasteiger partial charge in [-0.1, -0.05) is 6.07 Å². The average Bonchev–Trinajstić information content (AvgIpc) is 2.40. The van der Waals surface area contributed by atoms with Gasteiger partial charge in [0.25, 0.3) is 0 Å². The van der Waals surface area contributed by atoms with Crippen LogP contribution in [-0.2, 0) is 11.3 Å². The van der Waals surface area contributed by atoms with Crippen LogP contribution in [0.4, 0.5) is 0 Å². The minimum Gasteiger partial charge on any atom is -0.376 e. The van der Waals surface area contributed by atoms with E-state index in [4.69, 9.17) is 10.00 Å². The molecule has 4 heteroatoms. The smallest absolute Gasteiger partial charge is 0.145 e. The lowest BCUT2D eigenvalue weighted by Gasteiger charge is -2.22. The highest BCUT2D eigenvalue weighted by atomic mass is 16.5. The van der Waals surface area contributed by atoms with Crippen molar-refractivity contribution in [3.63, 3.8) is 0 Å². The van der Waals surface area contributed by atoms with Crippen molar-refractivity contribution in [3.8, 4) is 6.07 Å². The fourth-order valence-corrected chi connectivity index (χ4v) is 2.06. The van der Waals surface area contributed by atoms with E-state index in [0.29, 0.717) is 18.2 Å². The molecule has 2 heterocycles. The number of nitriles is 1. The number of nitrogens with zero attached hydrogens (tertiary/aromatic N) is 2. The maximum Gasteiger partial charge on any atom is 0.145 e. The predicted octanol–water partition coefficient (Wildman–Crippen LogP) is 1.47. The van der Waals surface area contributed by atoms with Gasteiger partial charge in [0.1, 0.15) is 11.8 Å². The van der Waals surface area contributed by atoms with Gasteiger partial charge in [0.05, 0.1) is 13.2 Å². The fourth-order valence-electron chi connectivity index (χ4n) is 2.06. The third-order valence-corrected chi connectivity index (χ3v) is 3.01. The molecule has 0 spiro atoms. The summed E-state index contributed by atoms with van der Waals surface area (Å²) in [6, 6.07) is 5.81. The molecule has 0 amide bonds. The van der Waals surface area contributed by atoms with Crippen molar-refractivity contribution >= 4 is 0 Å². The third-order valence-electron chi connectivity index (χ3n) is 3.01. The maximum atomic E-state index is 8.89. The number of piperidine rings is 1. The van der Waals surface area contributed by atoms with Crippen molar-refractivity contribution in [2.75, 3.05) is 19.7 Å². The number of rotatable bonds is 4. The molecule has 0 saturated carbocycles. The van der Waals surface area contributed by atoms with Crippen molar-refractivity contribution in [3.05, 3.63) is 29.6 Å². The Bertz CT molecular complexity index is 394. The summed E-state index contributed by atoms with van der Waals surface area (Å²) in [4.78, 5) is 4.01. The van der Waals surface area contributed by atoms with Crippen molar-refractivity contribution in [1.82, 2.24) is 10.3 Å². The Morgan fingerprint density at radius 2 is 2.53 bits per heavy atom. The van der Waals surface area contributed by atoms with E-state index in [1.807, 2.05) is 12.1 Å². The number of aromatic nitrogens is 1. The zero-order valence-electron chi connectivity index (χ0n) is 9.85. The van der Waals surface area contributed by atoms with Gasteiger partial charge in [-0.3, -0.25) is 0 Å². The first-order valence-electron chi connectivity index (χ1n) is 6.02. The number of hydrogen-bond acceptors (Lipinski definition) is 4. The van der Waals surface area contributed by atoms with Crippen LogP contribution in [0.5, 0.6) is 0 Å². The van der Waals surface area contributed by atoms with Crippen LogP contribution >= 0.6 is 0 Å². The van der Waals surface area contributed by atoms with Crippen LogP contribution < -0.4 is 5.32 Å². The van der Waals surface area contributed by atoms with Gasteiger partial charge in [0, 0.05) is 18.3 Å². The Balaban J connectivity index is 1.79. The van der Waals surface area contributed by atoms with Crippen molar-refractivity contribution in [1.29, 1.82) is 5.26 Å². The summed E-state index contributed by atoms with van der Waals surface area (Å²) in [5, 5.41) is 12.2. The summed E-state index contributed by atoms with van der Waals surface area (Å²) in [5.41, 5.74) is 1.34. The lowest BCUT2D eigenvalue weighted by Crippen LogP contribution is -2.32. The second-order valence-electron chi connectivity index (χ2n) is 4.35. The molecule has 90 valence electrons. The van der Waals surface area contributed by atoms with Crippen molar-refractivity contribution < 1.29 is 4.74 Å². The quantitative estimate of drug-likeness (QED) is 0.852. The van der Waals surface area contributed by atoms with E-state index >= 15 is 0 Å². The Morgan fingerprint density at radius 3 is 3.29 bits per heavy atom. The van der Waals surface area contributed by atoms with Gasteiger partial charge in [0.15, 0.2) is 0 Å². The molecule has 1 aliphatic heterocycles. The molecule has 4 nitrogen and oxygen atoms in total. The van der Waals surface area contributed by atoms with Gasteiger partial charge >= 0.3 is 0 Å². The molecular weight excluding hydrogens is 214 g/mol. The van der Waals surface area contributed by atoms with E-state index in [-0.39, 0.29) is 0 Å². The molecular formula is C13H17N3O. The van der Waals surface area contributed by atoms with Crippen LogP contribution in [-0.4, -0.2) is 24.7 Å². The van der Waals surface area contributed by atoms with Gasteiger partial charge in [-0.2, -0.15) is 5.26 Å². The molecule has 0 bridgehead atoms. The van der Waals surface area contributed by atoms with Crippen LogP contribution in [0.2, 0.25) is 0 Å². The molecule has 1 aromatic rings. The summed E-state index contributed by atoms with van der Waals surface area (Å²) < 4.78 is 5.67. The molecule has 1 N–H and O–H groups in total. The lowest BCUT2D eigenvalue weighted by molar-refractivity contribution is 0.0780. The zero-order valence-corrected chi connectivity index (χ0v) is 9.85. The fraction of sp³-hybridized carbons (Fsp3) is 0.538. The first-order chi connectivity index (χ1) is 8.40. The minimum absolute atomic E-state index is 0.467. The highest BCUT2D eigenvalue weighted by molar-refractivity contribution is 5.29. The summed E-state index contributed by atoms with van der Waals surface area (Å²) in [6.45, 7) is 3.40. The largest absolute Gasteiger partial charge is 0.376 e. The Hall–Kier alpha value is -1.44. The number of pyridine rings is 1. The highest BCUT2D eigenvalue weighted by Crippen LogP contribution is 2.12. The second kappa shape index (κ2) is 6.33. The highest BCUT2D eigenvalue weighted by Gasteiger charge is 2.13. The van der Waals surface area contributed by atoms with Gasteiger partial charge in [-0.25, -0.2) is 4.98 Å². The van der Waals surface area contributed by atoms with Crippen LogP contribution in [0.3, 0.4) is 0 Å². The van der Waals surface area contributed by atoms with Gasteiger partial charge in [0.2, 0.25) is 0 Å². The maximum absolute atomic E-state index is 8.89. The first-order valence-corrected chi connectivity index (χ1v) is 6.02. The molecule has 0 aromatic carbocycles. The van der Waals surface area contributed by atoms with Crippen LogP contribution in [0.1, 0.15) is 24.1 Å². The van der Waals surface area contributed by atoms with E-state index in [1.165, 1.54) is 12.8 Å². The molecule has 0 aliphatic carbocycles. The molecule has 1 aliphatic rings. The van der Waals surface area contributed by atoms with E-state index in [1.54, 1.807) is 6.20 Å². The van der Waals surface area contributed by atoms with Crippen LogP contribution in [0, 0.1) is 17.2 Å². The standard InChI is InChI=1S/C13H17N3O/c14-7-13-12(4-2-6-16-13)10-17-9-11-3-1-5-15-8-11/h2,4,6,11,15H,1,3,5,8-10H2. The number of ether oxygens (including phenoxy) is 1. The molecule has 1 atom stereocenters. The lowest BCUT2D eigenvalue weighted by atomic mass is 10.0. The summed E-state index contributed by atoms with van der Waals surface area (Å²) >= 11 is 0. The van der Waals surface area contributed by atoms with Crippen molar-refractivity contribution in [2.45, 2.75) is 19.4 Å². The molecule has 0 radical (unpaired) electrons. The van der Waals surface area contributed by atoms with E-state index in [2.05, 4.69) is 16.4 Å². The summed E-state index contributed by atoms with van der Waals surface area (Å²) in [7, 11) is 0. The third kappa shape index (κ3) is 3.52. The van der Waals surface area contributed by atoms with Crippen LogP contribution in [0.25, 0.3) is 0 Å². The van der Waals surface area contributed by atoms with Gasteiger partial charge < -0.3 is 10.1 Å². The predicted molar refractivity (Wildman–Crippen MR) is 64.2 cm³/mol. The van der Waals surface area contributed by atoms with E-state index < -0.39 is 0 Å².